The number of fused-ring (bicyclic) bond motifs is 2. The van der Waals surface area contributed by atoms with E-state index in [9.17, 15) is 13.2 Å². The number of nitrogens with one attached hydrogen (secondary N) is 2. The predicted molar refractivity (Wildman–Crippen MR) is 107 cm³/mol. The van der Waals surface area contributed by atoms with Crippen LogP contribution >= 0.6 is 0 Å². The number of hydrazine groups is 1. The fourth-order valence-corrected chi connectivity index (χ4v) is 4.17. The van der Waals surface area contributed by atoms with Crippen molar-refractivity contribution in [3.8, 4) is 11.5 Å². The van der Waals surface area contributed by atoms with Gasteiger partial charge in [0, 0.05) is 24.7 Å². The fraction of sp³-hybridized carbons (Fsp3) is 0.400. The summed E-state index contributed by atoms with van der Waals surface area (Å²) < 4.78 is 48.0. The third-order valence-corrected chi connectivity index (χ3v) is 5.50. The quantitative estimate of drug-likeness (QED) is 0.749. The molecule has 0 saturated carbocycles. The Bertz CT molecular complexity index is 1030. The number of rotatable bonds is 5. The molecule has 164 valence electrons. The molecule has 1 aromatic heterocycles. The summed E-state index contributed by atoms with van der Waals surface area (Å²) in [6.07, 6.45) is 2.46. The monoisotopic (exact) mass is 434 g/mol. The van der Waals surface area contributed by atoms with Crippen molar-refractivity contribution in [2.45, 2.75) is 31.5 Å². The zero-order valence-electron chi connectivity index (χ0n) is 16.5. The molecule has 3 aliphatic heterocycles. The predicted octanol–water partition coefficient (Wildman–Crippen LogP) is 2.55. The average molecular weight is 434 g/mol. The lowest BCUT2D eigenvalue weighted by Gasteiger charge is -2.39. The van der Waals surface area contributed by atoms with Gasteiger partial charge in [0.05, 0.1) is 11.6 Å². The molecule has 2 atom stereocenters. The molecule has 2 N–H and O–H groups in total. The molecule has 2 aromatic rings. The Hall–Kier alpha value is -3.21. The number of likely N-dealkylation sites (tertiary alicyclic amines) is 1. The molecule has 0 spiro atoms. The second-order valence-electron chi connectivity index (χ2n) is 7.46. The summed E-state index contributed by atoms with van der Waals surface area (Å²) in [5.41, 5.74) is 3.68. The van der Waals surface area contributed by atoms with Crippen molar-refractivity contribution in [3.63, 3.8) is 0 Å². The first kappa shape index (κ1) is 19.7. The lowest BCUT2D eigenvalue weighted by atomic mass is 10.2. The maximum absolute atomic E-state index is 12.6. The number of nitrogens with zero attached hydrogens (tertiary/aromatic N) is 4. The summed E-state index contributed by atoms with van der Waals surface area (Å²) in [6, 6.07) is 5.84. The SMILES string of the molecule is FC(F)(F)Oc1ccc2nccc(OCC3CCCN3C3=CCNC4N=CNN34)c2c1. The second kappa shape index (κ2) is 7.80. The van der Waals surface area contributed by atoms with Gasteiger partial charge in [0.2, 0.25) is 0 Å². The first-order chi connectivity index (χ1) is 15.0. The maximum Gasteiger partial charge on any atom is 0.573 e. The number of alkyl halides is 3. The molecular weight excluding hydrogens is 413 g/mol. The molecule has 31 heavy (non-hydrogen) atoms. The molecule has 4 heterocycles. The average Bonchev–Trinajstić information content (AvgIpc) is 3.40. The maximum atomic E-state index is 12.6. The largest absolute Gasteiger partial charge is 0.573 e. The van der Waals surface area contributed by atoms with Crippen molar-refractivity contribution in [2.24, 2.45) is 4.99 Å². The van der Waals surface area contributed by atoms with Gasteiger partial charge in [0.15, 0.2) is 6.29 Å². The van der Waals surface area contributed by atoms with E-state index < -0.39 is 6.36 Å². The molecule has 1 aromatic carbocycles. The van der Waals surface area contributed by atoms with E-state index in [-0.39, 0.29) is 18.1 Å². The summed E-state index contributed by atoms with van der Waals surface area (Å²) in [4.78, 5) is 10.8. The molecule has 0 radical (unpaired) electrons. The molecule has 0 aliphatic carbocycles. The van der Waals surface area contributed by atoms with Gasteiger partial charge in [-0.3, -0.25) is 15.7 Å². The molecule has 11 heteroatoms. The molecule has 1 fully saturated rings. The Labute approximate surface area is 176 Å². The van der Waals surface area contributed by atoms with Gasteiger partial charge in [-0.15, -0.1) is 13.2 Å². The van der Waals surface area contributed by atoms with Crippen LogP contribution in [0.15, 0.2) is 47.4 Å². The topological polar surface area (TPSA) is 74.2 Å². The van der Waals surface area contributed by atoms with Gasteiger partial charge >= 0.3 is 6.36 Å². The van der Waals surface area contributed by atoms with Crippen molar-refractivity contribution in [1.82, 2.24) is 25.6 Å². The summed E-state index contributed by atoms with van der Waals surface area (Å²) in [5, 5.41) is 5.73. The second-order valence-corrected chi connectivity index (χ2v) is 7.46. The third-order valence-electron chi connectivity index (χ3n) is 5.50. The van der Waals surface area contributed by atoms with Gasteiger partial charge in [-0.2, -0.15) is 0 Å². The molecule has 1 saturated heterocycles. The van der Waals surface area contributed by atoms with Crippen molar-refractivity contribution >= 4 is 17.2 Å². The zero-order chi connectivity index (χ0) is 21.4. The van der Waals surface area contributed by atoms with Crippen molar-refractivity contribution in [1.29, 1.82) is 0 Å². The molecule has 3 aliphatic rings. The van der Waals surface area contributed by atoms with E-state index in [2.05, 4.69) is 36.4 Å². The van der Waals surface area contributed by atoms with E-state index in [1.807, 2.05) is 5.01 Å². The molecule has 8 nitrogen and oxygen atoms in total. The smallest absolute Gasteiger partial charge is 0.491 e. The Morgan fingerprint density at radius 2 is 2.13 bits per heavy atom. The summed E-state index contributed by atoms with van der Waals surface area (Å²) in [6.45, 7) is 2.01. The van der Waals surface area contributed by atoms with Gasteiger partial charge in [0.1, 0.15) is 30.3 Å². The van der Waals surface area contributed by atoms with E-state index in [4.69, 9.17) is 4.74 Å². The Balaban J connectivity index is 1.33. The van der Waals surface area contributed by atoms with E-state index in [1.165, 1.54) is 18.2 Å². The van der Waals surface area contributed by atoms with E-state index >= 15 is 0 Å². The summed E-state index contributed by atoms with van der Waals surface area (Å²) in [5.74, 6) is 1.23. The van der Waals surface area contributed by atoms with Crippen LogP contribution in [-0.2, 0) is 0 Å². The molecule has 2 unspecified atom stereocenters. The summed E-state index contributed by atoms with van der Waals surface area (Å²) >= 11 is 0. The van der Waals surface area contributed by atoms with Gasteiger partial charge in [-0.1, -0.05) is 0 Å². The first-order valence-electron chi connectivity index (χ1n) is 10.0. The van der Waals surface area contributed by atoms with Crippen LogP contribution in [0.4, 0.5) is 13.2 Å². The van der Waals surface area contributed by atoms with Crippen molar-refractivity contribution < 1.29 is 22.6 Å². The fourth-order valence-electron chi connectivity index (χ4n) is 4.17. The van der Waals surface area contributed by atoms with Gasteiger partial charge in [-0.05, 0) is 43.2 Å². The minimum Gasteiger partial charge on any atom is -0.491 e. The highest BCUT2D eigenvalue weighted by molar-refractivity contribution is 5.86. The number of benzene rings is 1. The van der Waals surface area contributed by atoms with Crippen LogP contribution in [0.5, 0.6) is 11.5 Å². The Morgan fingerprint density at radius 3 is 3.00 bits per heavy atom. The summed E-state index contributed by atoms with van der Waals surface area (Å²) in [7, 11) is 0. The van der Waals surface area contributed by atoms with Crippen LogP contribution in [-0.4, -0.2) is 59.6 Å². The third kappa shape index (κ3) is 4.05. The lowest BCUT2D eigenvalue weighted by molar-refractivity contribution is -0.274. The van der Waals surface area contributed by atoms with Crippen molar-refractivity contribution in [3.05, 3.63) is 42.4 Å². The number of halogens is 3. The Morgan fingerprint density at radius 1 is 1.23 bits per heavy atom. The van der Waals surface area contributed by atoms with E-state index in [0.717, 1.165) is 31.8 Å². The molecule has 0 amide bonds. The van der Waals surface area contributed by atoms with E-state index in [1.54, 1.807) is 18.6 Å². The van der Waals surface area contributed by atoms with Crippen LogP contribution in [0.25, 0.3) is 10.9 Å². The molecular formula is C20H21F3N6O2. The number of pyridine rings is 1. The molecule has 0 bridgehead atoms. The zero-order valence-corrected chi connectivity index (χ0v) is 16.5. The standard InChI is InChI=1S/C20H21F3N6O2/c21-20(22,23)31-14-3-4-16-15(10-14)17(5-7-24-16)30-11-13-2-1-9-28(13)18-6-8-25-19-26-12-27-29(18)19/h3-7,10,12-13,19,25H,1-2,8-9,11H2,(H,26,27). The molecule has 5 rings (SSSR count). The van der Waals surface area contributed by atoms with Gasteiger partial charge in [-0.25, -0.2) is 10.0 Å². The number of ether oxygens (including phenoxy) is 2. The van der Waals surface area contributed by atoms with Crippen LogP contribution in [0.1, 0.15) is 12.8 Å². The number of aromatic nitrogens is 1. The number of hydrogen-bond acceptors (Lipinski definition) is 8. The van der Waals surface area contributed by atoms with Crippen molar-refractivity contribution in [2.75, 3.05) is 19.7 Å². The van der Waals surface area contributed by atoms with Crippen LogP contribution in [0.2, 0.25) is 0 Å². The normalized spacial score (nSPS) is 23.0. The number of aliphatic imine (C=N–C) groups is 1. The first-order valence-corrected chi connectivity index (χ1v) is 10.0. The lowest BCUT2D eigenvalue weighted by Crippen LogP contribution is -2.54. The van der Waals surface area contributed by atoms with Crippen LogP contribution in [0, 0.1) is 0 Å². The van der Waals surface area contributed by atoms with E-state index in [0.29, 0.717) is 23.3 Å². The highest BCUT2D eigenvalue weighted by Crippen LogP contribution is 2.32. The minimum atomic E-state index is -4.75. The number of hydrogen-bond donors (Lipinski definition) is 2. The Kier molecular flexibility index (Phi) is 4.97. The van der Waals surface area contributed by atoms with Gasteiger partial charge in [0.25, 0.3) is 0 Å². The van der Waals surface area contributed by atoms with Gasteiger partial charge < -0.3 is 14.4 Å². The van der Waals surface area contributed by atoms with Crippen LogP contribution in [0.3, 0.4) is 0 Å². The van der Waals surface area contributed by atoms with Crippen LogP contribution < -0.4 is 20.2 Å². The minimum absolute atomic E-state index is 0.127. The highest BCUT2D eigenvalue weighted by atomic mass is 19.4. The highest BCUT2D eigenvalue weighted by Gasteiger charge is 2.35.